The van der Waals surface area contributed by atoms with Gasteiger partial charge in [0.2, 0.25) is 0 Å². The maximum absolute atomic E-state index is 13.2. The van der Waals surface area contributed by atoms with Gasteiger partial charge >= 0.3 is 0 Å². The van der Waals surface area contributed by atoms with Crippen molar-refractivity contribution in [1.29, 1.82) is 0 Å². The predicted molar refractivity (Wildman–Crippen MR) is 74.1 cm³/mol. The van der Waals surface area contributed by atoms with E-state index >= 15 is 0 Å². The van der Waals surface area contributed by atoms with Crippen LogP contribution in [0.25, 0.3) is 0 Å². The Hall–Kier alpha value is -0.490. The molecule has 1 saturated heterocycles. The normalized spacial score (nSPS) is 23.4. The van der Waals surface area contributed by atoms with E-state index in [2.05, 4.69) is 15.9 Å². The van der Waals surface area contributed by atoms with Gasteiger partial charge in [0, 0.05) is 5.33 Å². The van der Waals surface area contributed by atoms with Crippen LogP contribution in [0.4, 0.5) is 8.78 Å². The van der Waals surface area contributed by atoms with Gasteiger partial charge in [-0.2, -0.15) is 0 Å². The topological polar surface area (TPSA) is 34.1 Å². The third-order valence-corrected chi connectivity index (χ3v) is 6.24. The fourth-order valence-electron chi connectivity index (χ4n) is 2.51. The lowest BCUT2D eigenvalue weighted by Crippen LogP contribution is -2.20. The Morgan fingerprint density at radius 1 is 1.32 bits per heavy atom. The molecule has 1 aromatic rings. The molecule has 0 saturated carbocycles. The standard InChI is InChI=1S/C13H15BrF2O2S/c14-7-11(10-3-4-19(17,18)8-10)5-9-1-2-12(15)13(16)6-9/h1-2,6,10-11H,3-5,7-8H2. The van der Waals surface area contributed by atoms with E-state index in [-0.39, 0.29) is 23.3 Å². The first-order chi connectivity index (χ1) is 8.91. The quantitative estimate of drug-likeness (QED) is 0.780. The number of sulfone groups is 1. The predicted octanol–water partition coefficient (Wildman–Crippen LogP) is 2.95. The van der Waals surface area contributed by atoms with E-state index in [9.17, 15) is 17.2 Å². The zero-order chi connectivity index (χ0) is 14.0. The van der Waals surface area contributed by atoms with Crippen LogP contribution in [0.1, 0.15) is 12.0 Å². The number of rotatable bonds is 4. The lowest BCUT2D eigenvalue weighted by Gasteiger charge is -2.20. The van der Waals surface area contributed by atoms with Gasteiger partial charge in [-0.1, -0.05) is 22.0 Å². The third-order valence-electron chi connectivity index (χ3n) is 3.61. The molecule has 1 fully saturated rings. The molecule has 106 valence electrons. The molecule has 1 aliphatic heterocycles. The number of alkyl halides is 1. The van der Waals surface area contributed by atoms with Crippen LogP contribution in [0.5, 0.6) is 0 Å². The molecule has 0 aliphatic carbocycles. The molecule has 0 amide bonds. The third kappa shape index (κ3) is 3.75. The fourth-order valence-corrected chi connectivity index (χ4v) is 5.19. The van der Waals surface area contributed by atoms with Gasteiger partial charge in [0.05, 0.1) is 11.5 Å². The van der Waals surface area contributed by atoms with E-state index in [0.29, 0.717) is 23.7 Å². The summed E-state index contributed by atoms with van der Waals surface area (Å²) in [5, 5.41) is 0.659. The molecule has 0 bridgehead atoms. The Kier molecular flexibility index (Phi) is 4.61. The van der Waals surface area contributed by atoms with Crippen LogP contribution in [0.2, 0.25) is 0 Å². The Balaban J connectivity index is 2.09. The first kappa shape index (κ1) is 14.9. The van der Waals surface area contributed by atoms with Crippen molar-refractivity contribution in [2.24, 2.45) is 11.8 Å². The minimum absolute atomic E-state index is 0.0949. The number of hydrogen-bond donors (Lipinski definition) is 0. The summed E-state index contributed by atoms with van der Waals surface area (Å²) in [6.45, 7) is 0. The lowest BCUT2D eigenvalue weighted by atomic mass is 9.88. The molecule has 2 atom stereocenters. The molecule has 2 rings (SSSR count). The van der Waals surface area contributed by atoms with Crippen molar-refractivity contribution >= 4 is 25.8 Å². The van der Waals surface area contributed by atoms with Gasteiger partial charge in [0.1, 0.15) is 0 Å². The second kappa shape index (κ2) is 5.87. The van der Waals surface area contributed by atoms with Gasteiger partial charge < -0.3 is 0 Å². The molecular weight excluding hydrogens is 338 g/mol. The van der Waals surface area contributed by atoms with E-state index in [1.54, 1.807) is 6.07 Å². The van der Waals surface area contributed by atoms with E-state index in [1.807, 2.05) is 0 Å². The van der Waals surface area contributed by atoms with Crippen LogP contribution in [0, 0.1) is 23.5 Å². The average Bonchev–Trinajstić information content (AvgIpc) is 2.71. The molecule has 1 heterocycles. The first-order valence-electron chi connectivity index (χ1n) is 6.11. The summed E-state index contributed by atoms with van der Waals surface area (Å²) in [6.07, 6.45) is 1.21. The molecular formula is C13H15BrF2O2S. The maximum atomic E-state index is 13.2. The summed E-state index contributed by atoms with van der Waals surface area (Å²) in [5.74, 6) is -1.06. The SMILES string of the molecule is O=S1(=O)CCC(C(CBr)Cc2ccc(F)c(F)c2)C1. The summed E-state index contributed by atoms with van der Waals surface area (Å²) >= 11 is 3.39. The molecule has 0 aromatic heterocycles. The second-order valence-corrected chi connectivity index (χ2v) is 7.91. The van der Waals surface area contributed by atoms with E-state index in [1.165, 1.54) is 6.07 Å². The maximum Gasteiger partial charge on any atom is 0.159 e. The van der Waals surface area contributed by atoms with Crippen molar-refractivity contribution < 1.29 is 17.2 Å². The highest BCUT2D eigenvalue weighted by Crippen LogP contribution is 2.30. The summed E-state index contributed by atoms with van der Waals surface area (Å²) < 4.78 is 49.0. The van der Waals surface area contributed by atoms with E-state index in [0.717, 1.165) is 6.07 Å². The van der Waals surface area contributed by atoms with Crippen molar-refractivity contribution in [3.8, 4) is 0 Å². The van der Waals surface area contributed by atoms with Crippen LogP contribution >= 0.6 is 15.9 Å². The van der Waals surface area contributed by atoms with Crippen molar-refractivity contribution in [1.82, 2.24) is 0 Å². The summed E-state index contributed by atoms with van der Waals surface area (Å²) in [5.41, 5.74) is 0.702. The number of benzene rings is 1. The van der Waals surface area contributed by atoms with Crippen molar-refractivity contribution in [2.45, 2.75) is 12.8 Å². The van der Waals surface area contributed by atoms with Crippen LogP contribution in [-0.2, 0) is 16.3 Å². The van der Waals surface area contributed by atoms with Gasteiger partial charge in [-0.3, -0.25) is 0 Å². The summed E-state index contributed by atoms with van der Waals surface area (Å²) in [6, 6.07) is 3.85. The van der Waals surface area contributed by atoms with E-state index < -0.39 is 21.5 Å². The zero-order valence-corrected chi connectivity index (χ0v) is 12.7. The Bertz CT molecular complexity index is 560. The van der Waals surface area contributed by atoms with Gasteiger partial charge in [-0.25, -0.2) is 17.2 Å². The molecule has 1 aliphatic rings. The largest absolute Gasteiger partial charge is 0.229 e. The Labute approximate surface area is 120 Å². The van der Waals surface area contributed by atoms with Gasteiger partial charge in [-0.05, 0) is 42.4 Å². The summed E-state index contributed by atoms with van der Waals surface area (Å²) in [4.78, 5) is 0. The van der Waals surface area contributed by atoms with Crippen molar-refractivity contribution in [3.05, 3.63) is 35.4 Å². The van der Waals surface area contributed by atoms with Crippen molar-refractivity contribution in [3.63, 3.8) is 0 Å². The highest BCUT2D eigenvalue weighted by molar-refractivity contribution is 9.09. The highest BCUT2D eigenvalue weighted by Gasteiger charge is 2.33. The van der Waals surface area contributed by atoms with Gasteiger partial charge in [0.25, 0.3) is 0 Å². The smallest absolute Gasteiger partial charge is 0.159 e. The Morgan fingerprint density at radius 2 is 2.05 bits per heavy atom. The second-order valence-electron chi connectivity index (χ2n) is 5.03. The van der Waals surface area contributed by atoms with Gasteiger partial charge in [-0.15, -0.1) is 0 Å². The first-order valence-corrected chi connectivity index (χ1v) is 9.06. The van der Waals surface area contributed by atoms with Crippen LogP contribution in [0.3, 0.4) is 0 Å². The summed E-state index contributed by atoms with van der Waals surface area (Å²) in [7, 11) is -2.91. The highest BCUT2D eigenvalue weighted by atomic mass is 79.9. The molecule has 2 nitrogen and oxygen atoms in total. The molecule has 0 radical (unpaired) electrons. The van der Waals surface area contributed by atoms with Crippen LogP contribution in [-0.4, -0.2) is 25.3 Å². The Morgan fingerprint density at radius 3 is 2.58 bits per heavy atom. The molecule has 1 aromatic carbocycles. The molecule has 0 N–H and O–H groups in total. The molecule has 0 spiro atoms. The van der Waals surface area contributed by atoms with Crippen LogP contribution < -0.4 is 0 Å². The fraction of sp³-hybridized carbons (Fsp3) is 0.538. The molecule has 6 heteroatoms. The van der Waals surface area contributed by atoms with E-state index in [4.69, 9.17) is 0 Å². The minimum Gasteiger partial charge on any atom is -0.229 e. The molecule has 19 heavy (non-hydrogen) atoms. The zero-order valence-electron chi connectivity index (χ0n) is 10.3. The monoisotopic (exact) mass is 352 g/mol. The number of hydrogen-bond acceptors (Lipinski definition) is 2. The number of halogens is 3. The van der Waals surface area contributed by atoms with Crippen LogP contribution in [0.15, 0.2) is 18.2 Å². The van der Waals surface area contributed by atoms with Gasteiger partial charge in [0.15, 0.2) is 21.5 Å². The minimum atomic E-state index is -2.91. The van der Waals surface area contributed by atoms with Crippen molar-refractivity contribution in [2.75, 3.05) is 16.8 Å². The molecule has 2 unspecified atom stereocenters. The average molecular weight is 353 g/mol. The lowest BCUT2D eigenvalue weighted by molar-refractivity contribution is 0.400.